The third kappa shape index (κ3) is 1.96. The maximum absolute atomic E-state index is 5.38. The quantitative estimate of drug-likeness (QED) is 0.827. The average molecular weight is 222 g/mol. The fourth-order valence-corrected chi connectivity index (χ4v) is 1.18. The van der Waals surface area contributed by atoms with Gasteiger partial charge in [0.15, 0.2) is 5.69 Å². The van der Waals surface area contributed by atoms with Gasteiger partial charge in [-0.3, -0.25) is 0 Å². The van der Waals surface area contributed by atoms with Crippen LogP contribution in [0.5, 0.6) is 0 Å². The van der Waals surface area contributed by atoms with Crippen molar-refractivity contribution in [2.45, 2.75) is 32.7 Å². The van der Waals surface area contributed by atoms with E-state index in [4.69, 9.17) is 14.8 Å². The van der Waals surface area contributed by atoms with Crippen molar-refractivity contribution >= 4 is 0 Å². The molecule has 16 heavy (non-hydrogen) atoms. The zero-order valence-electron chi connectivity index (χ0n) is 9.52. The number of hydrogen-bond acceptors (Lipinski definition) is 6. The van der Waals surface area contributed by atoms with Gasteiger partial charge < -0.3 is 14.8 Å². The standard InChI is InChI=1S/C10H14N4O2/c1-10(2,3)7-4-6(13-15-7)9-12-8(5-11)16-14-9/h4H,5,11H2,1-3H3. The molecule has 0 saturated carbocycles. The monoisotopic (exact) mass is 222 g/mol. The van der Waals surface area contributed by atoms with Crippen LogP contribution in [0.3, 0.4) is 0 Å². The number of aromatic nitrogens is 3. The van der Waals surface area contributed by atoms with Gasteiger partial charge in [0.05, 0.1) is 6.54 Å². The molecule has 0 aliphatic rings. The predicted molar refractivity (Wildman–Crippen MR) is 56.4 cm³/mol. The minimum atomic E-state index is -0.0916. The molecule has 2 N–H and O–H groups in total. The molecule has 86 valence electrons. The van der Waals surface area contributed by atoms with Crippen molar-refractivity contribution < 1.29 is 9.05 Å². The van der Waals surface area contributed by atoms with Gasteiger partial charge in [-0.2, -0.15) is 4.98 Å². The molecule has 2 aromatic heterocycles. The first kappa shape index (κ1) is 10.8. The third-order valence-corrected chi connectivity index (χ3v) is 2.12. The Balaban J connectivity index is 2.31. The highest BCUT2D eigenvalue weighted by molar-refractivity contribution is 5.48. The van der Waals surface area contributed by atoms with Gasteiger partial charge in [-0.25, -0.2) is 0 Å². The molecule has 0 spiro atoms. The Morgan fingerprint density at radius 3 is 2.50 bits per heavy atom. The van der Waals surface area contributed by atoms with E-state index in [2.05, 4.69) is 15.3 Å². The summed E-state index contributed by atoms with van der Waals surface area (Å²) in [5.41, 5.74) is 5.85. The highest BCUT2D eigenvalue weighted by Crippen LogP contribution is 2.25. The molecule has 0 atom stereocenters. The van der Waals surface area contributed by atoms with E-state index in [1.54, 1.807) is 0 Å². The molecular formula is C10H14N4O2. The predicted octanol–water partition coefficient (Wildman–Crippen LogP) is 1.48. The van der Waals surface area contributed by atoms with E-state index < -0.39 is 0 Å². The van der Waals surface area contributed by atoms with Crippen molar-refractivity contribution in [2.24, 2.45) is 5.73 Å². The molecule has 6 heteroatoms. The molecule has 0 fully saturated rings. The number of rotatable bonds is 2. The molecule has 0 bridgehead atoms. The number of hydrogen-bond donors (Lipinski definition) is 1. The molecule has 0 aromatic carbocycles. The SMILES string of the molecule is CC(C)(C)c1cc(-c2noc(CN)n2)no1. The molecule has 2 aromatic rings. The maximum Gasteiger partial charge on any atom is 0.240 e. The summed E-state index contributed by atoms with van der Waals surface area (Å²) in [5.74, 6) is 1.57. The fourth-order valence-electron chi connectivity index (χ4n) is 1.18. The van der Waals surface area contributed by atoms with Gasteiger partial charge in [-0.1, -0.05) is 31.1 Å². The smallest absolute Gasteiger partial charge is 0.240 e. The van der Waals surface area contributed by atoms with Gasteiger partial charge in [0.2, 0.25) is 11.7 Å². The first-order valence-corrected chi connectivity index (χ1v) is 5.01. The van der Waals surface area contributed by atoms with Gasteiger partial charge in [0.25, 0.3) is 0 Å². The Morgan fingerprint density at radius 1 is 1.25 bits per heavy atom. The van der Waals surface area contributed by atoms with E-state index in [0.29, 0.717) is 17.4 Å². The summed E-state index contributed by atoms with van der Waals surface area (Å²) in [7, 11) is 0. The minimum absolute atomic E-state index is 0.0916. The highest BCUT2D eigenvalue weighted by Gasteiger charge is 2.21. The molecule has 0 saturated heterocycles. The van der Waals surface area contributed by atoms with Gasteiger partial charge in [-0.05, 0) is 0 Å². The Kier molecular flexibility index (Phi) is 2.51. The Hall–Kier alpha value is -1.69. The second-order valence-corrected chi connectivity index (χ2v) is 4.54. The molecule has 0 amide bonds. The normalized spacial score (nSPS) is 12.0. The molecule has 0 unspecified atom stereocenters. The lowest BCUT2D eigenvalue weighted by molar-refractivity contribution is 0.330. The first-order chi connectivity index (χ1) is 7.50. The van der Waals surface area contributed by atoms with Crippen LogP contribution in [0, 0.1) is 0 Å². The number of nitrogens with zero attached hydrogens (tertiary/aromatic N) is 3. The van der Waals surface area contributed by atoms with E-state index in [1.165, 1.54) is 0 Å². The molecule has 0 radical (unpaired) electrons. The lowest BCUT2D eigenvalue weighted by Crippen LogP contribution is -2.09. The van der Waals surface area contributed by atoms with Crippen LogP contribution >= 0.6 is 0 Å². The maximum atomic E-state index is 5.38. The largest absolute Gasteiger partial charge is 0.360 e. The molecule has 2 heterocycles. The molecule has 0 aliphatic carbocycles. The number of nitrogens with two attached hydrogens (primary N) is 1. The van der Waals surface area contributed by atoms with Crippen LogP contribution in [0.1, 0.15) is 32.4 Å². The molecule has 2 rings (SSSR count). The van der Waals surface area contributed by atoms with Gasteiger partial charge >= 0.3 is 0 Å². The van der Waals surface area contributed by atoms with Crippen molar-refractivity contribution in [3.05, 3.63) is 17.7 Å². The van der Waals surface area contributed by atoms with E-state index in [-0.39, 0.29) is 12.0 Å². The highest BCUT2D eigenvalue weighted by atomic mass is 16.5. The van der Waals surface area contributed by atoms with Crippen LogP contribution in [0.2, 0.25) is 0 Å². The van der Waals surface area contributed by atoms with E-state index in [0.717, 1.165) is 5.76 Å². The topological polar surface area (TPSA) is 91.0 Å². The second kappa shape index (κ2) is 3.71. The van der Waals surface area contributed by atoms with Crippen LogP contribution < -0.4 is 5.73 Å². The summed E-state index contributed by atoms with van der Waals surface area (Å²) in [4.78, 5) is 4.07. The summed E-state index contributed by atoms with van der Waals surface area (Å²) < 4.78 is 10.1. The van der Waals surface area contributed by atoms with Crippen LogP contribution in [0.4, 0.5) is 0 Å². The Labute approximate surface area is 92.8 Å². The Morgan fingerprint density at radius 2 is 2.00 bits per heavy atom. The lowest BCUT2D eigenvalue weighted by atomic mass is 9.93. The van der Waals surface area contributed by atoms with Crippen LogP contribution in [-0.2, 0) is 12.0 Å². The average Bonchev–Trinajstić information content (AvgIpc) is 2.85. The van der Waals surface area contributed by atoms with Crippen LogP contribution in [-0.4, -0.2) is 15.3 Å². The molecule has 6 nitrogen and oxygen atoms in total. The first-order valence-electron chi connectivity index (χ1n) is 5.01. The Bertz CT molecular complexity index is 481. The van der Waals surface area contributed by atoms with Gasteiger partial charge in [0, 0.05) is 11.5 Å². The van der Waals surface area contributed by atoms with E-state index in [9.17, 15) is 0 Å². The summed E-state index contributed by atoms with van der Waals surface area (Å²) in [5, 5.41) is 7.66. The second-order valence-electron chi connectivity index (χ2n) is 4.54. The van der Waals surface area contributed by atoms with Gasteiger partial charge in [0.1, 0.15) is 5.76 Å². The van der Waals surface area contributed by atoms with Crippen molar-refractivity contribution in [3.63, 3.8) is 0 Å². The minimum Gasteiger partial charge on any atom is -0.360 e. The van der Waals surface area contributed by atoms with Crippen molar-refractivity contribution in [1.82, 2.24) is 15.3 Å². The van der Waals surface area contributed by atoms with Crippen molar-refractivity contribution in [3.8, 4) is 11.5 Å². The van der Waals surface area contributed by atoms with E-state index in [1.807, 2.05) is 26.8 Å². The molecule has 0 aliphatic heterocycles. The summed E-state index contributed by atoms with van der Waals surface area (Å²) >= 11 is 0. The van der Waals surface area contributed by atoms with Crippen LogP contribution in [0.25, 0.3) is 11.5 Å². The fraction of sp³-hybridized carbons (Fsp3) is 0.500. The van der Waals surface area contributed by atoms with Crippen molar-refractivity contribution in [2.75, 3.05) is 0 Å². The summed E-state index contributed by atoms with van der Waals surface area (Å²) in [6, 6.07) is 1.81. The summed E-state index contributed by atoms with van der Waals surface area (Å²) in [6.07, 6.45) is 0. The van der Waals surface area contributed by atoms with Gasteiger partial charge in [-0.15, -0.1) is 0 Å². The summed E-state index contributed by atoms with van der Waals surface area (Å²) in [6.45, 7) is 6.34. The molecular weight excluding hydrogens is 208 g/mol. The zero-order chi connectivity index (χ0) is 11.8. The van der Waals surface area contributed by atoms with Crippen molar-refractivity contribution in [1.29, 1.82) is 0 Å². The third-order valence-electron chi connectivity index (χ3n) is 2.12. The van der Waals surface area contributed by atoms with E-state index >= 15 is 0 Å². The lowest BCUT2D eigenvalue weighted by Gasteiger charge is -2.11. The zero-order valence-corrected chi connectivity index (χ0v) is 9.52. The van der Waals surface area contributed by atoms with Crippen LogP contribution in [0.15, 0.2) is 15.1 Å².